The van der Waals surface area contributed by atoms with Crippen molar-refractivity contribution >= 4 is 23.2 Å². The monoisotopic (exact) mass is 383 g/mol. The lowest BCUT2D eigenvalue weighted by atomic mass is 10.1. The van der Waals surface area contributed by atoms with Crippen LogP contribution in [0.5, 0.6) is 0 Å². The van der Waals surface area contributed by atoms with Crippen LogP contribution in [-0.4, -0.2) is 16.8 Å². The topological polar surface area (TPSA) is 3.24 Å². The van der Waals surface area contributed by atoms with Crippen molar-refractivity contribution in [2.45, 2.75) is 23.8 Å². The Balaban J connectivity index is 1.72. The molecule has 0 bridgehead atoms. The predicted molar refractivity (Wildman–Crippen MR) is 112 cm³/mol. The summed E-state index contributed by atoms with van der Waals surface area (Å²) in [7, 11) is 0. The van der Waals surface area contributed by atoms with Crippen molar-refractivity contribution in [3.63, 3.8) is 0 Å². The second kappa shape index (κ2) is 9.78. The molecule has 0 saturated carbocycles. The maximum atomic E-state index is 6.72. The van der Waals surface area contributed by atoms with E-state index in [1.54, 1.807) is 0 Å². The van der Waals surface area contributed by atoms with Gasteiger partial charge in [-0.25, -0.2) is 0 Å². The molecule has 0 radical (unpaired) electrons. The highest BCUT2D eigenvalue weighted by atomic mass is 35.5. The van der Waals surface area contributed by atoms with Gasteiger partial charge in [-0.05, 0) is 16.7 Å². The fourth-order valence-corrected chi connectivity index (χ4v) is 3.62. The van der Waals surface area contributed by atoms with E-state index in [0.29, 0.717) is 6.54 Å². The molecule has 0 aliphatic carbocycles. The zero-order chi connectivity index (χ0) is 18.2. The molecular formula is C23H23Cl2N. The summed E-state index contributed by atoms with van der Waals surface area (Å²) in [6.45, 7) is 2.41. The van der Waals surface area contributed by atoms with Crippen LogP contribution >= 0.6 is 23.2 Å². The smallest absolute Gasteiger partial charge is 0.0761 e. The molecule has 0 spiro atoms. The zero-order valence-electron chi connectivity index (χ0n) is 14.6. The van der Waals surface area contributed by atoms with Crippen molar-refractivity contribution in [1.82, 2.24) is 4.90 Å². The van der Waals surface area contributed by atoms with Gasteiger partial charge in [0.15, 0.2) is 0 Å². The molecule has 0 N–H and O–H groups in total. The summed E-state index contributed by atoms with van der Waals surface area (Å²) in [6.07, 6.45) is 0. The molecule has 0 aliphatic rings. The lowest BCUT2D eigenvalue weighted by molar-refractivity contribution is 0.254. The van der Waals surface area contributed by atoms with E-state index in [2.05, 4.69) is 53.4 Å². The molecule has 3 aromatic rings. The van der Waals surface area contributed by atoms with Gasteiger partial charge in [0.25, 0.3) is 0 Å². The Morgan fingerprint density at radius 3 is 1.50 bits per heavy atom. The fourth-order valence-electron chi connectivity index (χ4n) is 3.05. The molecule has 0 heterocycles. The van der Waals surface area contributed by atoms with Crippen molar-refractivity contribution in [3.05, 3.63) is 108 Å². The first-order valence-corrected chi connectivity index (χ1v) is 9.73. The molecule has 0 fully saturated rings. The normalized spacial score (nSPS) is 13.5. The number of alkyl halides is 2. The highest BCUT2D eigenvalue weighted by molar-refractivity contribution is 6.30. The molecule has 0 saturated heterocycles. The van der Waals surface area contributed by atoms with Gasteiger partial charge in [-0.2, -0.15) is 0 Å². The SMILES string of the molecule is Cl[C@@H](CN(Cc1ccccc1)Cc1ccccc1)[C@@H](Cl)c1ccccc1. The van der Waals surface area contributed by atoms with Gasteiger partial charge in [0.05, 0.1) is 10.8 Å². The van der Waals surface area contributed by atoms with Crippen molar-refractivity contribution in [1.29, 1.82) is 0 Å². The van der Waals surface area contributed by atoms with Gasteiger partial charge in [-0.3, -0.25) is 4.90 Å². The van der Waals surface area contributed by atoms with E-state index >= 15 is 0 Å². The molecule has 3 heteroatoms. The minimum atomic E-state index is -0.216. The van der Waals surface area contributed by atoms with Crippen LogP contribution in [0.1, 0.15) is 22.1 Å². The molecule has 26 heavy (non-hydrogen) atoms. The van der Waals surface area contributed by atoms with Crippen molar-refractivity contribution in [3.8, 4) is 0 Å². The Labute approximate surface area is 166 Å². The van der Waals surface area contributed by atoms with E-state index in [9.17, 15) is 0 Å². The van der Waals surface area contributed by atoms with E-state index in [1.807, 2.05) is 42.5 Å². The highest BCUT2D eigenvalue weighted by Crippen LogP contribution is 2.29. The van der Waals surface area contributed by atoms with Crippen LogP contribution in [0.4, 0.5) is 0 Å². The average molecular weight is 384 g/mol. The van der Waals surface area contributed by atoms with Gasteiger partial charge in [0.1, 0.15) is 0 Å². The molecule has 0 aliphatic heterocycles. The van der Waals surface area contributed by atoms with Gasteiger partial charge in [-0.1, -0.05) is 91.0 Å². The van der Waals surface area contributed by atoms with Crippen LogP contribution < -0.4 is 0 Å². The molecule has 3 aromatic carbocycles. The molecule has 2 atom stereocenters. The summed E-state index contributed by atoms with van der Waals surface area (Å²) in [5.74, 6) is 0. The van der Waals surface area contributed by atoms with Crippen LogP contribution in [0.15, 0.2) is 91.0 Å². The fraction of sp³-hybridized carbons (Fsp3) is 0.217. The summed E-state index contributed by atoms with van der Waals surface area (Å²) in [5, 5.41) is -0.390. The average Bonchev–Trinajstić information content (AvgIpc) is 2.69. The molecule has 1 nitrogen and oxygen atoms in total. The minimum Gasteiger partial charge on any atom is -0.293 e. The third kappa shape index (κ3) is 5.60. The second-order valence-corrected chi connectivity index (χ2v) is 7.50. The van der Waals surface area contributed by atoms with Gasteiger partial charge in [-0.15, -0.1) is 23.2 Å². The lowest BCUT2D eigenvalue weighted by Gasteiger charge is -2.27. The first-order chi connectivity index (χ1) is 12.7. The van der Waals surface area contributed by atoms with Crippen LogP contribution in [0, 0.1) is 0 Å². The number of benzene rings is 3. The van der Waals surface area contributed by atoms with Crippen molar-refractivity contribution in [2.75, 3.05) is 6.54 Å². The van der Waals surface area contributed by atoms with Crippen molar-refractivity contribution in [2.24, 2.45) is 0 Å². The zero-order valence-corrected chi connectivity index (χ0v) is 16.2. The third-order valence-electron chi connectivity index (χ3n) is 4.37. The Hall–Kier alpha value is -1.80. The molecule has 3 rings (SSSR count). The molecule has 0 aromatic heterocycles. The van der Waals surface area contributed by atoms with Crippen LogP contribution in [0.25, 0.3) is 0 Å². The molecule has 134 valence electrons. The maximum absolute atomic E-state index is 6.72. The number of nitrogens with zero attached hydrogens (tertiary/aromatic N) is 1. The Bertz CT molecular complexity index is 720. The Morgan fingerprint density at radius 1 is 0.615 bits per heavy atom. The van der Waals surface area contributed by atoms with Crippen LogP contribution in [0.3, 0.4) is 0 Å². The van der Waals surface area contributed by atoms with Crippen molar-refractivity contribution < 1.29 is 0 Å². The largest absolute Gasteiger partial charge is 0.293 e. The number of hydrogen-bond acceptors (Lipinski definition) is 1. The summed E-state index contributed by atoms with van der Waals surface area (Å²) in [5.41, 5.74) is 3.62. The quantitative estimate of drug-likeness (QED) is 0.414. The minimum absolute atomic E-state index is 0.175. The first kappa shape index (κ1) is 19.0. The first-order valence-electron chi connectivity index (χ1n) is 8.85. The number of rotatable bonds is 8. The van der Waals surface area contributed by atoms with Crippen LogP contribution in [0.2, 0.25) is 0 Å². The third-order valence-corrected chi connectivity index (χ3v) is 5.44. The predicted octanol–water partition coefficient (Wildman–Crippen LogP) is 6.28. The van der Waals surface area contributed by atoms with E-state index in [-0.39, 0.29) is 10.8 Å². The second-order valence-electron chi connectivity index (χ2n) is 6.47. The summed E-state index contributed by atoms with van der Waals surface area (Å²) >= 11 is 13.4. The van der Waals surface area contributed by atoms with E-state index in [4.69, 9.17) is 23.2 Å². The van der Waals surface area contributed by atoms with E-state index in [1.165, 1.54) is 11.1 Å². The summed E-state index contributed by atoms with van der Waals surface area (Å²) in [6, 6.07) is 31.0. The summed E-state index contributed by atoms with van der Waals surface area (Å²) < 4.78 is 0. The lowest BCUT2D eigenvalue weighted by Crippen LogP contribution is -2.31. The number of hydrogen-bond donors (Lipinski definition) is 0. The highest BCUT2D eigenvalue weighted by Gasteiger charge is 2.22. The van der Waals surface area contributed by atoms with Gasteiger partial charge in [0.2, 0.25) is 0 Å². The van der Waals surface area contributed by atoms with Gasteiger partial charge in [0, 0.05) is 19.6 Å². The molecule has 0 amide bonds. The standard InChI is InChI=1S/C23H23Cl2N/c24-22(23(25)21-14-8-3-9-15-21)18-26(16-19-10-4-1-5-11-19)17-20-12-6-2-7-13-20/h1-15,22-23H,16-18H2/t22-,23-/m0/s1. The number of halogens is 2. The Kier molecular flexibility index (Phi) is 7.13. The van der Waals surface area contributed by atoms with E-state index in [0.717, 1.165) is 18.7 Å². The van der Waals surface area contributed by atoms with Crippen LogP contribution in [-0.2, 0) is 13.1 Å². The van der Waals surface area contributed by atoms with Gasteiger partial charge >= 0.3 is 0 Å². The maximum Gasteiger partial charge on any atom is 0.0761 e. The Morgan fingerprint density at radius 2 is 1.04 bits per heavy atom. The molecule has 0 unspecified atom stereocenters. The molecular weight excluding hydrogens is 361 g/mol. The summed E-state index contributed by atoms with van der Waals surface area (Å²) in [4.78, 5) is 2.36. The van der Waals surface area contributed by atoms with Gasteiger partial charge < -0.3 is 0 Å². The van der Waals surface area contributed by atoms with E-state index < -0.39 is 0 Å².